The summed E-state index contributed by atoms with van der Waals surface area (Å²) in [5.41, 5.74) is 1.87. The van der Waals surface area contributed by atoms with Gasteiger partial charge in [-0.15, -0.1) is 5.10 Å². The smallest absolute Gasteiger partial charge is 0.277 e. The minimum Gasteiger partial charge on any atom is -0.320 e. The molecule has 6 heteroatoms. The highest BCUT2D eigenvalue weighted by molar-refractivity contribution is 6.31. The molecule has 2 aromatic rings. The summed E-state index contributed by atoms with van der Waals surface area (Å²) < 4.78 is 1.47. The molecule has 5 nitrogen and oxygen atoms in total. The van der Waals surface area contributed by atoms with Crippen LogP contribution in [0, 0.1) is 6.92 Å². The van der Waals surface area contributed by atoms with Gasteiger partial charge in [-0.3, -0.25) is 9.48 Å². The Morgan fingerprint density at radius 3 is 2.82 bits per heavy atom. The van der Waals surface area contributed by atoms with Crippen molar-refractivity contribution in [3.05, 3.63) is 40.7 Å². The van der Waals surface area contributed by atoms with E-state index in [9.17, 15) is 4.79 Å². The lowest BCUT2D eigenvalue weighted by molar-refractivity contribution is 0.102. The van der Waals surface area contributed by atoms with Crippen molar-refractivity contribution in [3.8, 4) is 0 Å². The molecule has 1 aromatic carbocycles. The SMILES string of the molecule is Cc1ccc(NC(=O)c2cn(C)nn2)cc1Cl. The molecule has 2 rings (SSSR count). The van der Waals surface area contributed by atoms with Crippen LogP contribution < -0.4 is 5.32 Å². The van der Waals surface area contributed by atoms with Crippen LogP contribution in [0.4, 0.5) is 5.69 Å². The molecule has 0 aliphatic heterocycles. The molecule has 0 aliphatic carbocycles. The third-order valence-corrected chi connectivity index (χ3v) is 2.67. The molecule has 1 amide bonds. The van der Waals surface area contributed by atoms with E-state index in [-0.39, 0.29) is 11.6 Å². The maximum absolute atomic E-state index is 11.8. The fraction of sp³-hybridized carbons (Fsp3) is 0.182. The predicted octanol–water partition coefficient (Wildman–Crippen LogP) is 2.03. The van der Waals surface area contributed by atoms with Gasteiger partial charge in [0.15, 0.2) is 5.69 Å². The van der Waals surface area contributed by atoms with Crippen LogP contribution in [0.5, 0.6) is 0 Å². The van der Waals surface area contributed by atoms with Crippen LogP contribution in [0.25, 0.3) is 0 Å². The highest BCUT2D eigenvalue weighted by atomic mass is 35.5. The molecule has 0 aliphatic rings. The van der Waals surface area contributed by atoms with Crippen molar-refractivity contribution in [2.24, 2.45) is 7.05 Å². The van der Waals surface area contributed by atoms with E-state index in [1.54, 1.807) is 25.4 Å². The molecule has 17 heavy (non-hydrogen) atoms. The van der Waals surface area contributed by atoms with Gasteiger partial charge in [-0.1, -0.05) is 22.9 Å². The van der Waals surface area contributed by atoms with E-state index in [1.807, 2.05) is 13.0 Å². The van der Waals surface area contributed by atoms with Gasteiger partial charge < -0.3 is 5.32 Å². The lowest BCUT2D eigenvalue weighted by Gasteiger charge is -2.04. The molecule has 0 unspecified atom stereocenters. The Hall–Kier alpha value is -1.88. The first kappa shape index (κ1) is 11.6. The van der Waals surface area contributed by atoms with Crippen molar-refractivity contribution >= 4 is 23.2 Å². The largest absolute Gasteiger partial charge is 0.320 e. The number of amides is 1. The molecular weight excluding hydrogens is 240 g/mol. The van der Waals surface area contributed by atoms with Crippen LogP contribution in [0.15, 0.2) is 24.4 Å². The van der Waals surface area contributed by atoms with Gasteiger partial charge in [0.25, 0.3) is 5.91 Å². The first-order valence-corrected chi connectivity index (χ1v) is 5.38. The van der Waals surface area contributed by atoms with Crippen molar-refractivity contribution in [1.82, 2.24) is 15.0 Å². The van der Waals surface area contributed by atoms with Crippen molar-refractivity contribution in [1.29, 1.82) is 0 Å². The number of halogens is 1. The Labute approximate surface area is 103 Å². The average molecular weight is 251 g/mol. The quantitative estimate of drug-likeness (QED) is 0.887. The monoisotopic (exact) mass is 250 g/mol. The van der Waals surface area contributed by atoms with Gasteiger partial charge >= 0.3 is 0 Å². The second kappa shape index (κ2) is 4.55. The fourth-order valence-corrected chi connectivity index (χ4v) is 1.50. The minimum atomic E-state index is -0.307. The number of carbonyl (C=O) groups excluding carboxylic acids is 1. The zero-order chi connectivity index (χ0) is 12.4. The number of hydrogen-bond donors (Lipinski definition) is 1. The van der Waals surface area contributed by atoms with E-state index in [0.717, 1.165) is 5.56 Å². The van der Waals surface area contributed by atoms with Gasteiger partial charge in [0.2, 0.25) is 0 Å². The summed E-state index contributed by atoms with van der Waals surface area (Å²) >= 11 is 5.96. The third-order valence-electron chi connectivity index (χ3n) is 2.26. The van der Waals surface area contributed by atoms with Gasteiger partial charge in [0.1, 0.15) is 0 Å². The molecule has 1 N–H and O–H groups in total. The van der Waals surface area contributed by atoms with Crippen LogP contribution >= 0.6 is 11.6 Å². The highest BCUT2D eigenvalue weighted by Crippen LogP contribution is 2.20. The van der Waals surface area contributed by atoms with Crippen LogP contribution in [0.3, 0.4) is 0 Å². The molecule has 1 heterocycles. The fourth-order valence-electron chi connectivity index (χ4n) is 1.32. The highest BCUT2D eigenvalue weighted by Gasteiger charge is 2.10. The molecule has 0 radical (unpaired) electrons. The molecule has 88 valence electrons. The Kier molecular flexibility index (Phi) is 3.10. The zero-order valence-electron chi connectivity index (χ0n) is 9.44. The van der Waals surface area contributed by atoms with Crippen LogP contribution in [0.1, 0.15) is 16.1 Å². The summed E-state index contributed by atoms with van der Waals surface area (Å²) in [6, 6.07) is 5.33. The molecule has 0 fully saturated rings. The van der Waals surface area contributed by atoms with E-state index in [2.05, 4.69) is 15.6 Å². The van der Waals surface area contributed by atoms with Gasteiger partial charge in [-0.2, -0.15) is 0 Å². The number of nitrogens with one attached hydrogen (secondary N) is 1. The second-order valence-corrected chi connectivity index (χ2v) is 4.10. The van der Waals surface area contributed by atoms with Gasteiger partial charge in [-0.25, -0.2) is 0 Å². The maximum atomic E-state index is 11.8. The van der Waals surface area contributed by atoms with Crippen LogP contribution in [-0.2, 0) is 7.05 Å². The van der Waals surface area contributed by atoms with E-state index in [4.69, 9.17) is 11.6 Å². The van der Waals surface area contributed by atoms with Gasteiger partial charge in [0, 0.05) is 17.8 Å². The van der Waals surface area contributed by atoms with Crippen molar-refractivity contribution in [2.45, 2.75) is 6.92 Å². The maximum Gasteiger partial charge on any atom is 0.277 e. The number of nitrogens with zero attached hydrogens (tertiary/aromatic N) is 3. The van der Waals surface area contributed by atoms with E-state index >= 15 is 0 Å². The topological polar surface area (TPSA) is 59.8 Å². The number of aromatic nitrogens is 3. The van der Waals surface area contributed by atoms with Crippen molar-refractivity contribution in [2.75, 3.05) is 5.32 Å². The molecule has 0 saturated heterocycles. The van der Waals surface area contributed by atoms with E-state index < -0.39 is 0 Å². The Morgan fingerprint density at radius 1 is 1.47 bits per heavy atom. The predicted molar refractivity (Wildman–Crippen MR) is 65.1 cm³/mol. The Balaban J connectivity index is 2.15. The zero-order valence-corrected chi connectivity index (χ0v) is 10.2. The number of rotatable bonds is 2. The summed E-state index contributed by atoms with van der Waals surface area (Å²) in [5.74, 6) is -0.307. The van der Waals surface area contributed by atoms with E-state index in [0.29, 0.717) is 10.7 Å². The van der Waals surface area contributed by atoms with Gasteiger partial charge in [0.05, 0.1) is 6.20 Å². The molecule has 0 saturated carbocycles. The average Bonchev–Trinajstić information content (AvgIpc) is 2.70. The lowest BCUT2D eigenvalue weighted by atomic mass is 10.2. The van der Waals surface area contributed by atoms with Crippen LogP contribution in [0.2, 0.25) is 5.02 Å². The number of carbonyl (C=O) groups is 1. The van der Waals surface area contributed by atoms with Gasteiger partial charge in [-0.05, 0) is 24.6 Å². The van der Waals surface area contributed by atoms with Crippen molar-refractivity contribution < 1.29 is 4.79 Å². The third kappa shape index (κ3) is 2.62. The summed E-state index contributed by atoms with van der Waals surface area (Å²) in [5, 5.41) is 10.7. The Bertz CT molecular complexity index is 564. The van der Waals surface area contributed by atoms with Crippen LogP contribution in [-0.4, -0.2) is 20.9 Å². The molecule has 0 bridgehead atoms. The molecule has 0 spiro atoms. The first-order valence-electron chi connectivity index (χ1n) is 5.00. The molecular formula is C11H11ClN4O. The summed E-state index contributed by atoms with van der Waals surface area (Å²) in [4.78, 5) is 11.8. The Morgan fingerprint density at radius 2 is 2.24 bits per heavy atom. The number of aryl methyl sites for hydroxylation is 2. The summed E-state index contributed by atoms with van der Waals surface area (Å²) in [6.07, 6.45) is 1.55. The summed E-state index contributed by atoms with van der Waals surface area (Å²) in [6.45, 7) is 1.90. The summed E-state index contributed by atoms with van der Waals surface area (Å²) in [7, 11) is 1.70. The number of hydrogen-bond acceptors (Lipinski definition) is 3. The number of anilines is 1. The van der Waals surface area contributed by atoms with E-state index in [1.165, 1.54) is 4.68 Å². The standard InChI is InChI=1S/C11H11ClN4O/c1-7-3-4-8(5-9(7)12)13-11(17)10-6-16(2)15-14-10/h3-6H,1-2H3,(H,13,17). The second-order valence-electron chi connectivity index (χ2n) is 3.70. The molecule has 1 aromatic heterocycles. The molecule has 0 atom stereocenters. The number of benzene rings is 1. The first-order chi connectivity index (χ1) is 8.06. The van der Waals surface area contributed by atoms with Crippen molar-refractivity contribution in [3.63, 3.8) is 0 Å². The normalized spacial score (nSPS) is 10.3. The lowest BCUT2D eigenvalue weighted by Crippen LogP contribution is -2.12. The minimum absolute atomic E-state index is 0.268.